The molecule has 0 amide bonds. The highest BCUT2D eigenvalue weighted by Crippen LogP contribution is 2.26. The van der Waals surface area contributed by atoms with E-state index < -0.39 is 0 Å². The van der Waals surface area contributed by atoms with E-state index in [0.29, 0.717) is 24.1 Å². The molecule has 0 fully saturated rings. The van der Waals surface area contributed by atoms with Gasteiger partial charge in [-0.25, -0.2) is 4.98 Å². The number of nitrogens with zero attached hydrogens (tertiary/aromatic N) is 2. The van der Waals surface area contributed by atoms with E-state index in [9.17, 15) is 0 Å². The largest absolute Gasteiger partial charge is 0.493 e. The maximum absolute atomic E-state index is 5.83. The van der Waals surface area contributed by atoms with Crippen molar-refractivity contribution in [3.05, 3.63) is 59.9 Å². The molecule has 0 saturated carbocycles. The molecular formula is C17H16ClN3O2. The fourth-order valence-corrected chi connectivity index (χ4v) is 2.21. The van der Waals surface area contributed by atoms with Gasteiger partial charge < -0.3 is 9.47 Å². The number of hydrogen-bond donors (Lipinski definition) is 1. The van der Waals surface area contributed by atoms with Crippen LogP contribution in [0.2, 0.25) is 5.02 Å². The molecule has 1 heterocycles. The number of H-pyrrole nitrogens is 1. The zero-order chi connectivity index (χ0) is 15.9. The van der Waals surface area contributed by atoms with Gasteiger partial charge in [0.1, 0.15) is 17.8 Å². The van der Waals surface area contributed by atoms with E-state index >= 15 is 0 Å². The summed E-state index contributed by atoms with van der Waals surface area (Å²) in [5.74, 6) is 2.27. The number of nitrogens with one attached hydrogen (secondary N) is 1. The number of halogens is 1. The average Bonchev–Trinajstić information content (AvgIpc) is 3.11. The Kier molecular flexibility index (Phi) is 5.11. The highest BCUT2D eigenvalue weighted by atomic mass is 35.5. The summed E-state index contributed by atoms with van der Waals surface area (Å²) in [5.41, 5.74) is 0.892. The summed E-state index contributed by atoms with van der Waals surface area (Å²) in [6, 6.07) is 15.0. The minimum Gasteiger partial charge on any atom is -0.493 e. The molecule has 0 bridgehead atoms. The lowest BCUT2D eigenvalue weighted by molar-refractivity contribution is 0.248. The first-order chi connectivity index (χ1) is 11.3. The molecule has 3 aromatic rings. The molecule has 2 aromatic carbocycles. The number of aromatic nitrogens is 3. The average molecular weight is 330 g/mol. The number of rotatable bonds is 7. The van der Waals surface area contributed by atoms with Gasteiger partial charge in [0.2, 0.25) is 0 Å². The van der Waals surface area contributed by atoms with Crippen molar-refractivity contribution in [1.82, 2.24) is 15.2 Å². The second kappa shape index (κ2) is 7.65. The molecular weight excluding hydrogens is 314 g/mol. The van der Waals surface area contributed by atoms with Crippen LogP contribution >= 0.6 is 11.6 Å². The Morgan fingerprint density at radius 2 is 1.74 bits per heavy atom. The Labute approximate surface area is 139 Å². The number of benzene rings is 2. The van der Waals surface area contributed by atoms with Gasteiger partial charge in [0, 0.05) is 11.4 Å². The summed E-state index contributed by atoms with van der Waals surface area (Å²) in [5, 5.41) is 7.41. The first-order valence-corrected chi connectivity index (χ1v) is 7.66. The van der Waals surface area contributed by atoms with Crippen LogP contribution in [-0.2, 0) is 0 Å². The molecule has 0 aliphatic heterocycles. The standard InChI is InChI=1S/C17H16ClN3O2/c18-13-6-8-14(9-7-13)22-10-3-11-23-16-5-2-1-4-15(16)17-19-12-20-21-17/h1-2,4-9,12H,3,10-11H2,(H,19,20,21). The lowest BCUT2D eigenvalue weighted by atomic mass is 10.2. The van der Waals surface area contributed by atoms with E-state index in [1.807, 2.05) is 36.4 Å². The summed E-state index contributed by atoms with van der Waals surface area (Å²) in [6.07, 6.45) is 2.25. The van der Waals surface area contributed by atoms with Gasteiger partial charge in [-0.2, -0.15) is 5.10 Å². The van der Waals surface area contributed by atoms with Gasteiger partial charge in [0.15, 0.2) is 5.82 Å². The molecule has 0 radical (unpaired) electrons. The van der Waals surface area contributed by atoms with Crippen LogP contribution in [0.25, 0.3) is 11.4 Å². The van der Waals surface area contributed by atoms with Crippen LogP contribution in [-0.4, -0.2) is 28.4 Å². The summed E-state index contributed by atoms with van der Waals surface area (Å²) >= 11 is 5.83. The van der Waals surface area contributed by atoms with Crippen LogP contribution in [0, 0.1) is 0 Å². The first-order valence-electron chi connectivity index (χ1n) is 7.29. The fraction of sp³-hybridized carbons (Fsp3) is 0.176. The van der Waals surface area contributed by atoms with E-state index in [2.05, 4.69) is 15.2 Å². The van der Waals surface area contributed by atoms with Gasteiger partial charge in [-0.05, 0) is 36.4 Å². The van der Waals surface area contributed by atoms with Crippen LogP contribution in [0.5, 0.6) is 11.5 Å². The van der Waals surface area contributed by atoms with Gasteiger partial charge >= 0.3 is 0 Å². The summed E-state index contributed by atoms with van der Waals surface area (Å²) in [6.45, 7) is 1.13. The van der Waals surface area contributed by atoms with Gasteiger partial charge in [-0.3, -0.25) is 5.10 Å². The SMILES string of the molecule is Clc1ccc(OCCCOc2ccccc2-c2ncn[nH]2)cc1. The molecule has 6 heteroatoms. The molecule has 0 saturated heterocycles. The fourth-order valence-electron chi connectivity index (χ4n) is 2.09. The van der Waals surface area contributed by atoms with Crippen molar-refractivity contribution < 1.29 is 9.47 Å². The summed E-state index contributed by atoms with van der Waals surface area (Å²) < 4.78 is 11.5. The van der Waals surface area contributed by atoms with Crippen molar-refractivity contribution in [1.29, 1.82) is 0 Å². The van der Waals surface area contributed by atoms with Crippen molar-refractivity contribution in [3.8, 4) is 22.9 Å². The van der Waals surface area contributed by atoms with Crippen molar-refractivity contribution in [2.24, 2.45) is 0 Å². The smallest absolute Gasteiger partial charge is 0.159 e. The molecule has 0 spiro atoms. The molecule has 0 atom stereocenters. The lowest BCUT2D eigenvalue weighted by Gasteiger charge is -2.10. The highest BCUT2D eigenvalue weighted by Gasteiger charge is 2.07. The first kappa shape index (κ1) is 15.4. The molecule has 0 aliphatic carbocycles. The Bertz CT molecular complexity index is 730. The maximum Gasteiger partial charge on any atom is 0.159 e. The number of para-hydroxylation sites is 1. The maximum atomic E-state index is 5.83. The van der Waals surface area contributed by atoms with E-state index in [-0.39, 0.29) is 0 Å². The van der Waals surface area contributed by atoms with Gasteiger partial charge in [-0.15, -0.1) is 0 Å². The molecule has 0 aliphatic rings. The second-order valence-electron chi connectivity index (χ2n) is 4.83. The van der Waals surface area contributed by atoms with Crippen LogP contribution in [0.4, 0.5) is 0 Å². The molecule has 0 unspecified atom stereocenters. The molecule has 3 rings (SSSR count). The third-order valence-electron chi connectivity index (χ3n) is 3.19. The van der Waals surface area contributed by atoms with Crippen molar-refractivity contribution in [3.63, 3.8) is 0 Å². The normalized spacial score (nSPS) is 10.5. The summed E-state index contributed by atoms with van der Waals surface area (Å²) in [4.78, 5) is 4.16. The number of aromatic amines is 1. The van der Waals surface area contributed by atoms with Gasteiger partial charge in [-0.1, -0.05) is 23.7 Å². The second-order valence-corrected chi connectivity index (χ2v) is 5.27. The zero-order valence-corrected chi connectivity index (χ0v) is 13.2. The van der Waals surface area contributed by atoms with Crippen molar-refractivity contribution in [2.45, 2.75) is 6.42 Å². The highest BCUT2D eigenvalue weighted by molar-refractivity contribution is 6.30. The Balaban J connectivity index is 1.49. The predicted molar refractivity (Wildman–Crippen MR) is 88.9 cm³/mol. The number of ether oxygens (including phenoxy) is 2. The minimum atomic E-state index is 0.554. The van der Waals surface area contributed by atoms with Crippen LogP contribution in [0.3, 0.4) is 0 Å². The molecule has 1 aromatic heterocycles. The molecule has 5 nitrogen and oxygen atoms in total. The van der Waals surface area contributed by atoms with Crippen LogP contribution in [0.1, 0.15) is 6.42 Å². The van der Waals surface area contributed by atoms with Crippen molar-refractivity contribution in [2.75, 3.05) is 13.2 Å². The van der Waals surface area contributed by atoms with Gasteiger partial charge in [0.25, 0.3) is 0 Å². The van der Waals surface area contributed by atoms with Crippen LogP contribution in [0.15, 0.2) is 54.9 Å². The van der Waals surface area contributed by atoms with E-state index in [1.54, 1.807) is 12.1 Å². The monoisotopic (exact) mass is 329 g/mol. The predicted octanol–water partition coefficient (Wildman–Crippen LogP) is 3.97. The molecule has 118 valence electrons. The zero-order valence-electron chi connectivity index (χ0n) is 12.4. The number of hydrogen-bond acceptors (Lipinski definition) is 4. The quantitative estimate of drug-likeness (QED) is 0.666. The third-order valence-corrected chi connectivity index (χ3v) is 3.44. The minimum absolute atomic E-state index is 0.554. The Morgan fingerprint density at radius 1 is 0.957 bits per heavy atom. The molecule has 1 N–H and O–H groups in total. The van der Waals surface area contributed by atoms with E-state index in [0.717, 1.165) is 23.5 Å². The summed E-state index contributed by atoms with van der Waals surface area (Å²) in [7, 11) is 0. The van der Waals surface area contributed by atoms with Gasteiger partial charge in [0.05, 0.1) is 18.8 Å². The van der Waals surface area contributed by atoms with E-state index in [4.69, 9.17) is 21.1 Å². The Hall–Kier alpha value is -2.53. The molecule has 23 heavy (non-hydrogen) atoms. The van der Waals surface area contributed by atoms with Crippen molar-refractivity contribution >= 4 is 11.6 Å². The van der Waals surface area contributed by atoms with E-state index in [1.165, 1.54) is 6.33 Å². The Morgan fingerprint density at radius 3 is 2.52 bits per heavy atom. The third kappa shape index (κ3) is 4.23. The topological polar surface area (TPSA) is 60.0 Å². The van der Waals surface area contributed by atoms with Crippen LogP contribution < -0.4 is 9.47 Å². The lowest BCUT2D eigenvalue weighted by Crippen LogP contribution is -2.05.